The summed E-state index contributed by atoms with van der Waals surface area (Å²) < 4.78 is 14.9. The van der Waals surface area contributed by atoms with Crippen molar-refractivity contribution in [2.24, 2.45) is 0 Å². The van der Waals surface area contributed by atoms with Crippen LogP contribution in [0.25, 0.3) is 239 Å². The van der Waals surface area contributed by atoms with Crippen LogP contribution in [0.5, 0.6) is 0 Å². The second-order valence-corrected chi connectivity index (χ2v) is 34.4. The molecule has 6 heteroatoms. The van der Waals surface area contributed by atoms with Gasteiger partial charge in [-0.3, -0.25) is 0 Å². The zero-order valence-corrected chi connectivity index (χ0v) is 67.8. The molecule has 0 aliphatic rings. The van der Waals surface area contributed by atoms with E-state index >= 15 is 0 Å². The minimum atomic E-state index is 1.14. The van der Waals surface area contributed by atoms with Crippen LogP contribution in [0.4, 0.5) is 0 Å². The second-order valence-electron chi connectivity index (χ2n) is 32.3. The lowest BCUT2D eigenvalue weighted by atomic mass is 9.98. The molecule has 0 aliphatic carbocycles. The Hall–Kier alpha value is -15.4. The number of hydrogen-bond donors (Lipinski definition) is 0. The molecule has 26 rings (SSSR count). The van der Waals surface area contributed by atoms with Crippen molar-refractivity contribution in [3.8, 4) is 89.5 Å². The average Bonchev–Trinajstić information content (AvgIpc) is 1.58. The summed E-state index contributed by atoms with van der Waals surface area (Å²) in [6, 6.07) is 161. The molecule has 26 aromatic rings. The Morgan fingerprint density at radius 2 is 0.369 bits per heavy atom. The van der Waals surface area contributed by atoms with Crippen LogP contribution in [-0.2, 0) is 0 Å². The van der Waals surface area contributed by atoms with E-state index in [2.05, 4.69) is 455 Å². The molecule has 122 heavy (non-hydrogen) atoms. The van der Waals surface area contributed by atoms with E-state index in [0.29, 0.717) is 0 Å². The number of benzene rings is 20. The van der Waals surface area contributed by atoms with Gasteiger partial charge in [0, 0.05) is 106 Å². The highest BCUT2D eigenvalue weighted by atomic mass is 32.1. The molecule has 4 nitrogen and oxygen atoms in total. The summed E-state index contributed by atoms with van der Waals surface area (Å²) in [5, 5.41) is 20.3. The summed E-state index contributed by atoms with van der Waals surface area (Å²) in [4.78, 5) is 0. The zero-order chi connectivity index (χ0) is 80.0. The van der Waals surface area contributed by atoms with E-state index in [9.17, 15) is 0 Å². The largest absolute Gasteiger partial charge is 0.309 e. The summed E-state index contributed by atoms with van der Waals surface area (Å²) in [5.74, 6) is 0. The number of hydrogen-bond acceptors (Lipinski definition) is 2. The lowest BCUT2D eigenvalue weighted by Crippen LogP contribution is -1.94. The Morgan fingerprint density at radius 1 is 0.123 bits per heavy atom. The third-order valence-corrected chi connectivity index (χ3v) is 27.7. The molecular formula is C116H72N4S2. The summed E-state index contributed by atoms with van der Waals surface area (Å²) in [6.07, 6.45) is 0. The molecule has 0 atom stereocenters. The van der Waals surface area contributed by atoms with Crippen LogP contribution in [0.3, 0.4) is 0 Å². The number of para-hydroxylation sites is 4. The van der Waals surface area contributed by atoms with Gasteiger partial charge >= 0.3 is 0 Å². The van der Waals surface area contributed by atoms with Gasteiger partial charge in [-0.15, -0.1) is 22.7 Å². The predicted molar refractivity (Wildman–Crippen MR) is 524 cm³/mol. The van der Waals surface area contributed by atoms with E-state index in [4.69, 9.17) is 0 Å². The first-order valence-electron chi connectivity index (χ1n) is 41.8. The van der Waals surface area contributed by atoms with Gasteiger partial charge in [0.25, 0.3) is 0 Å². The zero-order valence-electron chi connectivity index (χ0n) is 66.2. The van der Waals surface area contributed by atoms with E-state index in [0.717, 1.165) is 11.4 Å². The molecule has 20 aromatic carbocycles. The minimum Gasteiger partial charge on any atom is -0.309 e. The first-order valence-corrected chi connectivity index (χ1v) is 43.4. The van der Waals surface area contributed by atoms with Crippen LogP contribution in [0.2, 0.25) is 0 Å². The van der Waals surface area contributed by atoms with Gasteiger partial charge in [0.05, 0.1) is 44.1 Å². The maximum atomic E-state index is 2.44. The summed E-state index contributed by atoms with van der Waals surface area (Å²) in [7, 11) is 0. The first-order chi connectivity index (χ1) is 60.4. The van der Waals surface area contributed by atoms with E-state index in [1.807, 2.05) is 22.7 Å². The number of rotatable bonds is 10. The topological polar surface area (TPSA) is 19.7 Å². The summed E-state index contributed by atoms with van der Waals surface area (Å²) in [5.41, 5.74) is 28.8. The van der Waals surface area contributed by atoms with Crippen LogP contribution in [0.1, 0.15) is 0 Å². The fourth-order valence-corrected chi connectivity index (χ4v) is 21.7. The molecule has 6 aromatic heterocycles. The molecule has 568 valence electrons. The van der Waals surface area contributed by atoms with Gasteiger partial charge in [0.1, 0.15) is 0 Å². The number of fused-ring (bicyclic) bond motifs is 20. The summed E-state index contributed by atoms with van der Waals surface area (Å²) in [6.45, 7) is 0. The van der Waals surface area contributed by atoms with Crippen molar-refractivity contribution in [2.75, 3.05) is 0 Å². The molecule has 0 bridgehead atoms. The fraction of sp³-hybridized carbons (Fsp3) is 0. The van der Waals surface area contributed by atoms with Gasteiger partial charge in [-0.2, -0.15) is 0 Å². The fourth-order valence-electron chi connectivity index (χ4n) is 19.5. The van der Waals surface area contributed by atoms with Gasteiger partial charge in [-0.1, -0.05) is 261 Å². The van der Waals surface area contributed by atoms with Crippen LogP contribution in [0, 0.1) is 0 Å². The van der Waals surface area contributed by atoms with Crippen LogP contribution >= 0.6 is 22.7 Å². The Kier molecular flexibility index (Phi) is 16.1. The van der Waals surface area contributed by atoms with Crippen molar-refractivity contribution in [1.82, 2.24) is 18.3 Å². The van der Waals surface area contributed by atoms with E-state index in [1.54, 1.807) is 0 Å². The predicted octanol–water partition coefficient (Wildman–Crippen LogP) is 32.8. The molecule has 0 saturated carbocycles. The van der Waals surface area contributed by atoms with Gasteiger partial charge in [0.2, 0.25) is 0 Å². The van der Waals surface area contributed by atoms with E-state index in [-0.39, 0.29) is 0 Å². The Morgan fingerprint density at radius 3 is 0.779 bits per heavy atom. The van der Waals surface area contributed by atoms with Gasteiger partial charge in [-0.25, -0.2) is 0 Å². The second kappa shape index (κ2) is 28.1. The van der Waals surface area contributed by atoms with E-state index < -0.39 is 0 Å². The average molecular weight is 1590 g/mol. The van der Waals surface area contributed by atoms with Crippen molar-refractivity contribution in [1.29, 1.82) is 0 Å². The quantitative estimate of drug-likeness (QED) is 0.130. The highest BCUT2D eigenvalue weighted by molar-refractivity contribution is 7.26. The van der Waals surface area contributed by atoms with Gasteiger partial charge in [0.15, 0.2) is 0 Å². The molecule has 0 aliphatic heterocycles. The van der Waals surface area contributed by atoms with Crippen molar-refractivity contribution in [3.63, 3.8) is 0 Å². The van der Waals surface area contributed by atoms with E-state index in [1.165, 1.54) is 227 Å². The van der Waals surface area contributed by atoms with Crippen molar-refractivity contribution < 1.29 is 0 Å². The van der Waals surface area contributed by atoms with Crippen LogP contribution in [-0.4, -0.2) is 18.3 Å². The smallest absolute Gasteiger partial charge is 0.0541 e. The number of nitrogens with zero attached hydrogens (tertiary/aromatic N) is 4. The maximum absolute atomic E-state index is 2.44. The van der Waals surface area contributed by atoms with Crippen molar-refractivity contribution >= 4 is 172 Å². The van der Waals surface area contributed by atoms with Crippen LogP contribution in [0.15, 0.2) is 437 Å². The highest BCUT2D eigenvalue weighted by Crippen LogP contribution is 2.46. The maximum Gasteiger partial charge on any atom is 0.0541 e. The standard InChI is InChI=1S/2C58H36N2S/c1-2-12-45(13-3-1)59-53-16-8-6-14-47(53)50-33-41(23-29-54(50)59)42-24-30-55-51(34-42)52-35-43(44-22-28-49-48-15-7-9-17-57(48)61-58(49)36-44)25-31-56(52)60(55)46-26-20-38(21-27-46)40-19-18-37-10-4-5-11-39(37)32-40;1-2-12-45(13-3-1)59-53-16-8-6-14-47(53)49-33-41(22-28-54(49)59)42-23-29-55-50(34-42)51-35-43(44-25-31-58-52(36-44)48-15-7-9-17-57(48)61-58)24-30-56(51)60(55)46-26-20-38(21-27-46)40-19-18-37-10-4-5-11-39(37)32-40/h2*1-36H. The Bertz CT molecular complexity index is 8750. The molecule has 0 spiro atoms. The first kappa shape index (κ1) is 69.7. The normalized spacial score (nSPS) is 11.9. The van der Waals surface area contributed by atoms with Crippen molar-refractivity contribution in [2.45, 2.75) is 0 Å². The molecule has 0 unspecified atom stereocenters. The highest BCUT2D eigenvalue weighted by Gasteiger charge is 2.22. The third-order valence-electron chi connectivity index (χ3n) is 25.4. The SMILES string of the molecule is c1ccc(-n2c3ccccc3c3cc(-c4ccc5c(c4)c4cc(-c6ccc7c(c6)sc6ccccc67)ccc4n5-c4ccc(-c5ccc6ccccc6c5)cc4)ccc32)cc1.c1ccc(-n2c3ccccc3c3cc(-c4ccc5c(c4)c4cc(-c6ccc7sc8ccccc8c7c6)ccc4n5-c4ccc(-c5ccc6ccccc6c5)cc4)ccc32)cc1. The number of aromatic nitrogens is 4. The van der Waals surface area contributed by atoms with Gasteiger partial charge < -0.3 is 18.3 Å². The molecular weight excluding hydrogens is 1510 g/mol. The lowest BCUT2D eigenvalue weighted by Gasteiger charge is -2.11. The molecule has 0 amide bonds. The Balaban J connectivity index is 0.000000134. The summed E-state index contributed by atoms with van der Waals surface area (Å²) >= 11 is 3.74. The minimum absolute atomic E-state index is 1.14. The van der Waals surface area contributed by atoms with Crippen LogP contribution < -0.4 is 0 Å². The van der Waals surface area contributed by atoms with Gasteiger partial charge in [-0.05, 0) is 264 Å². The molecule has 6 heterocycles. The molecule has 0 fully saturated rings. The molecule has 0 N–H and O–H groups in total. The van der Waals surface area contributed by atoms with Crippen molar-refractivity contribution in [3.05, 3.63) is 437 Å². The number of thiophene rings is 2. The lowest BCUT2D eigenvalue weighted by molar-refractivity contribution is 1.18. The third kappa shape index (κ3) is 11.5. The monoisotopic (exact) mass is 1580 g/mol. The Labute approximate surface area is 711 Å². The molecule has 0 radical (unpaired) electrons. The molecule has 0 saturated heterocycles.